The Morgan fingerprint density at radius 3 is 2.60 bits per heavy atom. The Balaban J connectivity index is 3.31. The number of thiol groups is 1. The van der Waals surface area contributed by atoms with Gasteiger partial charge in [-0.15, -0.1) is 0 Å². The molecule has 3 nitrogen and oxygen atoms in total. The minimum Gasteiger partial charge on any atom is -0.460 e. The Morgan fingerprint density at radius 1 is 1.60 bits per heavy atom. The van der Waals surface area contributed by atoms with Gasteiger partial charge >= 0.3 is 5.97 Å². The molecule has 0 spiro atoms. The lowest BCUT2D eigenvalue weighted by molar-refractivity contribution is -0.139. The van der Waals surface area contributed by atoms with Gasteiger partial charge < -0.3 is 8.92 Å². The molecule has 0 atom stereocenters. The topological polar surface area (TPSA) is 35.5 Å². The van der Waals surface area contributed by atoms with Gasteiger partial charge in [0.15, 0.2) is 0 Å². The molecule has 0 aliphatic rings. The summed E-state index contributed by atoms with van der Waals surface area (Å²) in [5.41, 5.74) is 0.388. The smallest absolute Gasteiger partial charge is 0.333 e. The molecule has 0 heterocycles. The zero-order chi connectivity index (χ0) is 7.98. The molecule has 0 aromatic heterocycles. The molecule has 0 bridgehead atoms. The second kappa shape index (κ2) is 5.32. The quantitative estimate of drug-likeness (QED) is 0.220. The van der Waals surface area contributed by atoms with E-state index in [9.17, 15) is 4.79 Å². The summed E-state index contributed by atoms with van der Waals surface area (Å²) < 4.78 is 8.99. The van der Waals surface area contributed by atoms with Gasteiger partial charge in [0.1, 0.15) is 6.61 Å². The molecule has 0 aromatic rings. The minimum absolute atomic E-state index is 0.217. The van der Waals surface area contributed by atoms with E-state index in [0.29, 0.717) is 12.2 Å². The van der Waals surface area contributed by atoms with Crippen molar-refractivity contribution in [1.29, 1.82) is 0 Å². The highest BCUT2D eigenvalue weighted by Crippen LogP contribution is 1.91. The predicted molar refractivity (Wildman–Crippen MR) is 40.7 cm³/mol. The van der Waals surface area contributed by atoms with E-state index < -0.39 is 5.97 Å². The van der Waals surface area contributed by atoms with Crippen LogP contribution in [0.4, 0.5) is 0 Å². The average Bonchev–Trinajstić information content (AvgIpc) is 1.88. The van der Waals surface area contributed by atoms with Crippen LogP contribution in [0.5, 0.6) is 0 Å². The van der Waals surface area contributed by atoms with E-state index >= 15 is 0 Å². The van der Waals surface area contributed by atoms with Crippen LogP contribution < -0.4 is 0 Å². The van der Waals surface area contributed by atoms with Gasteiger partial charge in [0.05, 0.1) is 6.61 Å². The van der Waals surface area contributed by atoms with E-state index in [1.54, 1.807) is 6.92 Å². The summed E-state index contributed by atoms with van der Waals surface area (Å²) in [5.74, 6) is -0.398. The third-order valence-corrected chi connectivity index (χ3v) is 0.939. The molecule has 4 heteroatoms. The van der Waals surface area contributed by atoms with E-state index in [4.69, 9.17) is 0 Å². The molecule has 0 amide bonds. The van der Waals surface area contributed by atoms with Gasteiger partial charge in [-0.05, 0) is 19.8 Å². The lowest BCUT2D eigenvalue weighted by Crippen LogP contribution is -2.08. The number of esters is 1. The summed E-state index contributed by atoms with van der Waals surface area (Å²) in [7, 11) is 0. The van der Waals surface area contributed by atoms with Crippen molar-refractivity contribution in [3.05, 3.63) is 12.2 Å². The molecule has 0 aliphatic carbocycles. The summed E-state index contributed by atoms with van der Waals surface area (Å²) in [6.07, 6.45) is 0. The first-order chi connectivity index (χ1) is 4.68. The Hall–Kier alpha value is -0.480. The number of carbonyl (C=O) groups is 1. The Kier molecular flexibility index (Phi) is 5.06. The van der Waals surface area contributed by atoms with Gasteiger partial charge in [-0.3, -0.25) is 0 Å². The molecular weight excluding hydrogens is 152 g/mol. The van der Waals surface area contributed by atoms with Crippen LogP contribution in [-0.4, -0.2) is 19.2 Å². The highest BCUT2D eigenvalue weighted by molar-refractivity contribution is 7.75. The fraction of sp³-hybridized carbons (Fsp3) is 0.500. The second-order valence-electron chi connectivity index (χ2n) is 1.75. The Labute approximate surface area is 65.6 Å². The van der Waals surface area contributed by atoms with Crippen LogP contribution >= 0.6 is 12.9 Å². The van der Waals surface area contributed by atoms with Crippen LogP contribution in [0.1, 0.15) is 6.92 Å². The number of hydrogen-bond donors (Lipinski definition) is 1. The average molecular weight is 162 g/mol. The molecule has 58 valence electrons. The molecule has 0 rings (SSSR count). The van der Waals surface area contributed by atoms with E-state index in [0.717, 1.165) is 0 Å². The van der Waals surface area contributed by atoms with E-state index in [1.165, 1.54) is 0 Å². The van der Waals surface area contributed by atoms with Gasteiger partial charge in [-0.1, -0.05) is 6.58 Å². The van der Waals surface area contributed by atoms with Crippen molar-refractivity contribution < 1.29 is 13.7 Å². The van der Waals surface area contributed by atoms with Crippen molar-refractivity contribution in [2.24, 2.45) is 0 Å². The monoisotopic (exact) mass is 162 g/mol. The van der Waals surface area contributed by atoms with Crippen molar-refractivity contribution in [3.8, 4) is 0 Å². The molecule has 0 N–H and O–H groups in total. The van der Waals surface area contributed by atoms with E-state index in [1.807, 2.05) is 0 Å². The first-order valence-corrected chi connectivity index (χ1v) is 3.14. The van der Waals surface area contributed by atoms with Crippen LogP contribution in [0.15, 0.2) is 12.2 Å². The molecular formula is C6H10O3S. The standard InChI is InChI=1S/C6H10O3S/c1-5(2)6(7)8-3-4-9-10/h10H,1,3-4H2,2H3. The third kappa shape index (κ3) is 4.40. The lowest BCUT2D eigenvalue weighted by Gasteiger charge is -2.00. The first-order valence-electron chi connectivity index (χ1n) is 2.77. The highest BCUT2D eigenvalue weighted by Gasteiger charge is 2.00. The largest absolute Gasteiger partial charge is 0.460 e. The fourth-order valence-electron chi connectivity index (χ4n) is 0.295. The Morgan fingerprint density at radius 2 is 2.20 bits per heavy atom. The summed E-state index contributed by atoms with van der Waals surface area (Å²) in [6, 6.07) is 0. The van der Waals surface area contributed by atoms with E-state index in [-0.39, 0.29) is 6.61 Å². The number of rotatable bonds is 4. The zero-order valence-corrected chi connectivity index (χ0v) is 6.69. The maximum atomic E-state index is 10.6. The van der Waals surface area contributed by atoms with Crippen LogP contribution in [0.25, 0.3) is 0 Å². The Bertz CT molecular complexity index is 133. The second-order valence-corrected chi connectivity index (χ2v) is 2.01. The van der Waals surface area contributed by atoms with Crippen molar-refractivity contribution in [2.75, 3.05) is 13.2 Å². The van der Waals surface area contributed by atoms with Gasteiger partial charge in [-0.2, -0.15) is 0 Å². The van der Waals surface area contributed by atoms with Gasteiger partial charge in [0, 0.05) is 5.57 Å². The number of carbonyl (C=O) groups excluding carboxylic acids is 1. The van der Waals surface area contributed by atoms with Crippen molar-refractivity contribution in [3.63, 3.8) is 0 Å². The minimum atomic E-state index is -0.398. The molecule has 0 aromatic carbocycles. The van der Waals surface area contributed by atoms with Gasteiger partial charge in [-0.25, -0.2) is 4.79 Å². The van der Waals surface area contributed by atoms with Crippen molar-refractivity contribution >= 4 is 18.9 Å². The van der Waals surface area contributed by atoms with Crippen LogP contribution in [-0.2, 0) is 13.7 Å². The van der Waals surface area contributed by atoms with Crippen LogP contribution in [0, 0.1) is 0 Å². The fourth-order valence-corrected chi connectivity index (χ4v) is 0.369. The predicted octanol–water partition coefficient (Wildman–Crippen LogP) is 0.967. The molecule has 0 saturated carbocycles. The van der Waals surface area contributed by atoms with Gasteiger partial charge in [0.2, 0.25) is 0 Å². The summed E-state index contributed by atoms with van der Waals surface area (Å²) in [6.45, 7) is 5.50. The normalized spacial score (nSPS) is 9.00. The van der Waals surface area contributed by atoms with Crippen molar-refractivity contribution in [1.82, 2.24) is 0 Å². The number of ether oxygens (including phenoxy) is 1. The maximum absolute atomic E-state index is 10.6. The third-order valence-electron chi connectivity index (χ3n) is 0.756. The van der Waals surface area contributed by atoms with Crippen LogP contribution in [0.2, 0.25) is 0 Å². The molecule has 10 heavy (non-hydrogen) atoms. The van der Waals surface area contributed by atoms with Crippen LogP contribution in [0.3, 0.4) is 0 Å². The summed E-state index contributed by atoms with van der Waals surface area (Å²) >= 11 is 3.46. The highest BCUT2D eigenvalue weighted by atomic mass is 32.1. The molecule has 0 unspecified atom stereocenters. The lowest BCUT2D eigenvalue weighted by atomic mass is 10.4. The van der Waals surface area contributed by atoms with Gasteiger partial charge in [0.25, 0.3) is 0 Å². The zero-order valence-electron chi connectivity index (χ0n) is 5.79. The summed E-state index contributed by atoms with van der Waals surface area (Å²) in [5, 5.41) is 0. The maximum Gasteiger partial charge on any atom is 0.333 e. The molecule has 0 fully saturated rings. The molecule has 0 saturated heterocycles. The SMILES string of the molecule is C=C(C)C(=O)OCCOS. The van der Waals surface area contributed by atoms with E-state index in [2.05, 4.69) is 28.4 Å². The molecule has 0 radical (unpaired) electrons. The first kappa shape index (κ1) is 9.52. The van der Waals surface area contributed by atoms with Crippen molar-refractivity contribution in [2.45, 2.75) is 6.92 Å². The molecule has 0 aliphatic heterocycles. The number of hydrogen-bond acceptors (Lipinski definition) is 4. The summed E-state index contributed by atoms with van der Waals surface area (Å²) in [4.78, 5) is 10.6.